The standard InChI is InChI=1S/C19H24Si/c1-13-7-6-10-19(14(13)2)20-12-17-11-16-8-4-5-9-18(16)15(17)3/h6-7,10-11,15H,4-5,8-9,12H2,1-3H3. The third-order valence-corrected chi connectivity index (χ3v) is 6.59. The fourth-order valence-corrected chi connectivity index (χ4v) is 5.01. The molecule has 0 amide bonds. The van der Waals surface area contributed by atoms with Crippen molar-refractivity contribution in [1.82, 2.24) is 0 Å². The lowest BCUT2D eigenvalue weighted by Crippen LogP contribution is -2.19. The summed E-state index contributed by atoms with van der Waals surface area (Å²) in [5.74, 6) is 0.725. The topological polar surface area (TPSA) is 0 Å². The van der Waals surface area contributed by atoms with Crippen molar-refractivity contribution in [1.29, 1.82) is 0 Å². The number of hydrogen-bond donors (Lipinski definition) is 0. The molecule has 3 rings (SSSR count). The Balaban J connectivity index is 1.70. The van der Waals surface area contributed by atoms with Crippen LogP contribution in [0.2, 0.25) is 6.04 Å². The summed E-state index contributed by atoms with van der Waals surface area (Å²) in [6, 6.07) is 8.01. The number of benzene rings is 1. The Kier molecular flexibility index (Phi) is 3.98. The van der Waals surface area contributed by atoms with Crippen LogP contribution >= 0.6 is 0 Å². The van der Waals surface area contributed by atoms with Gasteiger partial charge in [0, 0.05) is 0 Å². The van der Waals surface area contributed by atoms with Crippen molar-refractivity contribution in [3.63, 3.8) is 0 Å². The smallest absolute Gasteiger partial charge is 0.0658 e. The van der Waals surface area contributed by atoms with E-state index in [1.807, 2.05) is 0 Å². The molecule has 0 saturated heterocycles. The van der Waals surface area contributed by atoms with E-state index in [2.05, 4.69) is 45.0 Å². The van der Waals surface area contributed by atoms with E-state index in [-0.39, 0.29) is 0 Å². The van der Waals surface area contributed by atoms with Gasteiger partial charge in [-0.25, -0.2) is 0 Å². The van der Waals surface area contributed by atoms with Gasteiger partial charge in [0.15, 0.2) is 0 Å². The predicted molar refractivity (Wildman–Crippen MR) is 88.9 cm³/mol. The third-order valence-electron chi connectivity index (χ3n) is 5.08. The fraction of sp³-hybridized carbons (Fsp3) is 0.474. The van der Waals surface area contributed by atoms with Crippen molar-refractivity contribution in [3.8, 4) is 0 Å². The summed E-state index contributed by atoms with van der Waals surface area (Å²) >= 11 is 0. The molecule has 0 aliphatic heterocycles. The molecule has 2 aliphatic rings. The molecule has 0 spiro atoms. The minimum atomic E-state index is 0.725. The second-order valence-electron chi connectivity index (χ2n) is 6.30. The molecule has 1 aromatic rings. The molecular weight excluding hydrogens is 256 g/mol. The zero-order chi connectivity index (χ0) is 14.1. The van der Waals surface area contributed by atoms with Gasteiger partial charge in [-0.05, 0) is 68.2 Å². The van der Waals surface area contributed by atoms with Gasteiger partial charge < -0.3 is 0 Å². The molecule has 1 heteroatoms. The van der Waals surface area contributed by atoms with Crippen molar-refractivity contribution in [2.24, 2.45) is 5.92 Å². The zero-order valence-corrected chi connectivity index (χ0v) is 13.9. The van der Waals surface area contributed by atoms with E-state index in [9.17, 15) is 0 Å². The van der Waals surface area contributed by atoms with Crippen molar-refractivity contribution in [3.05, 3.63) is 52.1 Å². The van der Waals surface area contributed by atoms with E-state index in [0.717, 1.165) is 15.4 Å². The van der Waals surface area contributed by atoms with Crippen LogP contribution < -0.4 is 5.19 Å². The Bertz CT molecular complexity index is 577. The van der Waals surface area contributed by atoms with E-state index in [1.54, 1.807) is 21.9 Å². The molecule has 0 heterocycles. The molecule has 1 unspecified atom stereocenters. The lowest BCUT2D eigenvalue weighted by atomic mass is 9.88. The molecule has 2 aliphatic carbocycles. The summed E-state index contributed by atoms with van der Waals surface area (Å²) in [5.41, 5.74) is 8.06. The third kappa shape index (κ3) is 2.56. The van der Waals surface area contributed by atoms with Crippen LogP contribution in [0.25, 0.3) is 0 Å². The van der Waals surface area contributed by atoms with E-state index < -0.39 is 0 Å². The van der Waals surface area contributed by atoms with Gasteiger partial charge in [0.25, 0.3) is 0 Å². The van der Waals surface area contributed by atoms with Crippen LogP contribution in [-0.2, 0) is 0 Å². The van der Waals surface area contributed by atoms with Gasteiger partial charge in [-0.3, -0.25) is 0 Å². The van der Waals surface area contributed by atoms with E-state index in [1.165, 1.54) is 42.9 Å². The zero-order valence-electron chi connectivity index (χ0n) is 12.9. The molecule has 2 radical (unpaired) electrons. The molecule has 1 atom stereocenters. The average Bonchev–Trinajstić information content (AvgIpc) is 2.78. The Labute approximate surface area is 125 Å². The molecule has 1 aromatic carbocycles. The molecule has 0 nitrogen and oxygen atoms in total. The lowest BCUT2D eigenvalue weighted by Gasteiger charge is -2.18. The maximum atomic E-state index is 2.54. The van der Waals surface area contributed by atoms with Gasteiger partial charge in [-0.15, -0.1) is 0 Å². The molecule has 0 aromatic heterocycles. The highest BCUT2D eigenvalue weighted by molar-refractivity contribution is 6.54. The summed E-state index contributed by atoms with van der Waals surface area (Å²) in [6.45, 7) is 6.92. The monoisotopic (exact) mass is 280 g/mol. The Hall–Kier alpha value is -1.08. The van der Waals surface area contributed by atoms with E-state index in [4.69, 9.17) is 0 Å². The predicted octanol–water partition coefficient (Wildman–Crippen LogP) is 4.50. The summed E-state index contributed by atoms with van der Waals surface area (Å²) < 4.78 is 0. The first-order valence-corrected chi connectivity index (χ1v) is 9.10. The highest BCUT2D eigenvalue weighted by Gasteiger charge is 2.25. The van der Waals surface area contributed by atoms with Crippen molar-refractivity contribution >= 4 is 14.7 Å². The van der Waals surface area contributed by atoms with Crippen molar-refractivity contribution < 1.29 is 0 Å². The largest absolute Gasteiger partial charge is 0.0856 e. The first-order chi connectivity index (χ1) is 9.66. The number of hydrogen-bond acceptors (Lipinski definition) is 0. The molecule has 104 valence electrons. The van der Waals surface area contributed by atoms with Gasteiger partial charge in [-0.1, -0.05) is 47.5 Å². The van der Waals surface area contributed by atoms with Crippen LogP contribution in [0.1, 0.15) is 43.7 Å². The highest BCUT2D eigenvalue weighted by atomic mass is 28.2. The molecular formula is C19H24Si. The second-order valence-corrected chi connectivity index (χ2v) is 7.55. The van der Waals surface area contributed by atoms with Crippen LogP contribution in [0, 0.1) is 19.8 Å². The van der Waals surface area contributed by atoms with Crippen molar-refractivity contribution in [2.45, 2.75) is 52.5 Å². The van der Waals surface area contributed by atoms with Crippen molar-refractivity contribution in [2.75, 3.05) is 0 Å². The van der Waals surface area contributed by atoms with Gasteiger partial charge in [-0.2, -0.15) is 0 Å². The minimum Gasteiger partial charge on any atom is -0.0658 e. The number of rotatable bonds is 3. The normalized spacial score (nSPS) is 21.9. The Morgan fingerprint density at radius 1 is 1.15 bits per heavy atom. The summed E-state index contributed by atoms with van der Waals surface area (Å²) in [7, 11) is 0.927. The van der Waals surface area contributed by atoms with Gasteiger partial charge >= 0.3 is 0 Å². The summed E-state index contributed by atoms with van der Waals surface area (Å²) in [5, 5.41) is 1.56. The van der Waals surface area contributed by atoms with Crippen LogP contribution in [0.5, 0.6) is 0 Å². The van der Waals surface area contributed by atoms with E-state index >= 15 is 0 Å². The van der Waals surface area contributed by atoms with Crippen LogP contribution in [0.4, 0.5) is 0 Å². The second kappa shape index (κ2) is 5.73. The molecule has 0 fully saturated rings. The highest BCUT2D eigenvalue weighted by Crippen LogP contribution is 2.41. The minimum absolute atomic E-state index is 0.725. The maximum absolute atomic E-state index is 2.54. The van der Waals surface area contributed by atoms with Gasteiger partial charge in [0.2, 0.25) is 0 Å². The van der Waals surface area contributed by atoms with Crippen LogP contribution in [-0.4, -0.2) is 9.52 Å². The first kappa shape index (κ1) is 13.9. The Morgan fingerprint density at radius 3 is 2.75 bits per heavy atom. The lowest BCUT2D eigenvalue weighted by molar-refractivity contribution is 0.636. The SMILES string of the molecule is Cc1cccc([Si]CC2=CC3=C(CCCC3)C2C)c1C. The number of aryl methyl sites for hydroxylation is 1. The average molecular weight is 280 g/mol. The van der Waals surface area contributed by atoms with E-state index in [0.29, 0.717) is 0 Å². The molecule has 0 saturated carbocycles. The molecule has 0 N–H and O–H groups in total. The fourth-order valence-electron chi connectivity index (χ4n) is 3.53. The maximum Gasteiger partial charge on any atom is 0.0856 e. The van der Waals surface area contributed by atoms with Gasteiger partial charge in [0.1, 0.15) is 0 Å². The van der Waals surface area contributed by atoms with Crippen LogP contribution in [0.15, 0.2) is 41.0 Å². The molecule has 20 heavy (non-hydrogen) atoms. The molecule has 0 bridgehead atoms. The Morgan fingerprint density at radius 2 is 1.95 bits per heavy atom. The summed E-state index contributed by atoms with van der Waals surface area (Å²) in [6.07, 6.45) is 8.02. The van der Waals surface area contributed by atoms with Gasteiger partial charge in [0.05, 0.1) is 9.52 Å². The summed E-state index contributed by atoms with van der Waals surface area (Å²) in [4.78, 5) is 0. The quantitative estimate of drug-likeness (QED) is 0.715. The first-order valence-electron chi connectivity index (χ1n) is 7.89. The number of allylic oxidation sites excluding steroid dienone is 4. The van der Waals surface area contributed by atoms with Crippen LogP contribution in [0.3, 0.4) is 0 Å².